The molecule has 1 aliphatic heterocycles. The van der Waals surface area contributed by atoms with Crippen LogP contribution in [0.25, 0.3) is 0 Å². The van der Waals surface area contributed by atoms with Crippen molar-refractivity contribution in [3.05, 3.63) is 35.9 Å². The third kappa shape index (κ3) is 3.55. The highest BCUT2D eigenvalue weighted by molar-refractivity contribution is 5.81. The molecule has 4 heteroatoms. The number of hydrogen-bond donors (Lipinski definition) is 2. The van der Waals surface area contributed by atoms with Gasteiger partial charge in [0.05, 0.1) is 18.7 Å². The molecule has 2 unspecified atom stereocenters. The number of benzene rings is 1. The van der Waals surface area contributed by atoms with Gasteiger partial charge in [0.25, 0.3) is 0 Å². The fraction of sp³-hybridized carbons (Fsp3) is 0.533. The molecular weight excluding hydrogens is 240 g/mol. The van der Waals surface area contributed by atoms with E-state index >= 15 is 0 Å². The minimum Gasteiger partial charge on any atom is -0.394 e. The lowest BCUT2D eigenvalue weighted by Crippen LogP contribution is -2.45. The number of aliphatic hydroxyl groups is 1. The van der Waals surface area contributed by atoms with Gasteiger partial charge in [-0.1, -0.05) is 30.3 Å². The quantitative estimate of drug-likeness (QED) is 0.841. The lowest BCUT2D eigenvalue weighted by Gasteiger charge is -2.25. The standard InChI is InChI=1S/C15H22N2O2/c1-12(15(19)17-9-5-6-10-17)16-14(11-18)13-7-3-2-4-8-13/h2-4,7-8,12,14,16,18H,5-6,9-11H2,1H3. The number of likely N-dealkylation sites (tertiary alicyclic amines) is 1. The van der Waals surface area contributed by atoms with Crippen molar-refractivity contribution in [3.63, 3.8) is 0 Å². The number of carbonyl (C=O) groups excluding carboxylic acids is 1. The van der Waals surface area contributed by atoms with Gasteiger partial charge in [0.15, 0.2) is 0 Å². The van der Waals surface area contributed by atoms with Crippen LogP contribution in [0.1, 0.15) is 31.4 Å². The molecule has 1 heterocycles. The monoisotopic (exact) mass is 262 g/mol. The first-order valence-corrected chi connectivity index (χ1v) is 6.93. The summed E-state index contributed by atoms with van der Waals surface area (Å²) < 4.78 is 0. The average Bonchev–Trinajstić information content (AvgIpc) is 2.98. The Bertz CT molecular complexity index is 402. The van der Waals surface area contributed by atoms with Crippen molar-refractivity contribution >= 4 is 5.91 Å². The van der Waals surface area contributed by atoms with Crippen molar-refractivity contribution in [3.8, 4) is 0 Å². The van der Waals surface area contributed by atoms with Crippen LogP contribution in [0.3, 0.4) is 0 Å². The maximum atomic E-state index is 12.2. The highest BCUT2D eigenvalue weighted by atomic mass is 16.3. The summed E-state index contributed by atoms with van der Waals surface area (Å²) in [5.41, 5.74) is 1.01. The van der Waals surface area contributed by atoms with E-state index in [9.17, 15) is 9.90 Å². The Kier molecular flexibility index (Phi) is 4.93. The molecule has 2 N–H and O–H groups in total. The zero-order valence-corrected chi connectivity index (χ0v) is 11.4. The van der Waals surface area contributed by atoms with Crippen LogP contribution in [-0.4, -0.2) is 41.7 Å². The fourth-order valence-corrected chi connectivity index (χ4v) is 2.52. The molecule has 2 atom stereocenters. The second-order valence-corrected chi connectivity index (χ2v) is 5.07. The Hall–Kier alpha value is -1.39. The van der Waals surface area contributed by atoms with Crippen molar-refractivity contribution in [1.29, 1.82) is 0 Å². The number of rotatable bonds is 5. The second-order valence-electron chi connectivity index (χ2n) is 5.07. The van der Waals surface area contributed by atoms with Crippen molar-refractivity contribution < 1.29 is 9.90 Å². The molecule has 0 radical (unpaired) electrons. The molecule has 1 aromatic rings. The van der Waals surface area contributed by atoms with Crippen LogP contribution >= 0.6 is 0 Å². The van der Waals surface area contributed by atoms with E-state index in [4.69, 9.17) is 0 Å². The largest absolute Gasteiger partial charge is 0.394 e. The van der Waals surface area contributed by atoms with Crippen molar-refractivity contribution in [2.45, 2.75) is 31.8 Å². The summed E-state index contributed by atoms with van der Waals surface area (Å²) >= 11 is 0. The van der Waals surface area contributed by atoms with Crippen molar-refractivity contribution in [1.82, 2.24) is 10.2 Å². The Morgan fingerprint density at radius 1 is 1.32 bits per heavy atom. The minimum atomic E-state index is -0.268. The van der Waals surface area contributed by atoms with E-state index < -0.39 is 0 Å². The SMILES string of the molecule is CC(NC(CO)c1ccccc1)C(=O)N1CCCC1. The Balaban J connectivity index is 1.96. The van der Waals surface area contributed by atoms with Gasteiger partial charge in [0, 0.05) is 13.1 Å². The summed E-state index contributed by atoms with van der Waals surface area (Å²) in [6, 6.07) is 9.27. The normalized spacial score (nSPS) is 18.3. The fourth-order valence-electron chi connectivity index (χ4n) is 2.52. The van der Waals surface area contributed by atoms with Crippen LogP contribution in [0.4, 0.5) is 0 Å². The number of nitrogens with one attached hydrogen (secondary N) is 1. The Morgan fingerprint density at radius 3 is 2.53 bits per heavy atom. The molecule has 1 aliphatic rings. The molecule has 19 heavy (non-hydrogen) atoms. The van der Waals surface area contributed by atoms with Crippen LogP contribution in [0, 0.1) is 0 Å². The van der Waals surface area contributed by atoms with Crippen LogP contribution < -0.4 is 5.32 Å². The maximum Gasteiger partial charge on any atom is 0.239 e. The topological polar surface area (TPSA) is 52.6 Å². The van der Waals surface area contributed by atoms with Gasteiger partial charge < -0.3 is 10.0 Å². The molecule has 0 bridgehead atoms. The van der Waals surface area contributed by atoms with E-state index in [-0.39, 0.29) is 24.6 Å². The smallest absolute Gasteiger partial charge is 0.239 e. The Labute approximate surface area is 114 Å². The first-order chi connectivity index (χ1) is 9.22. The molecule has 2 rings (SSSR count). The first kappa shape index (κ1) is 14.0. The van der Waals surface area contributed by atoms with E-state index in [1.165, 1.54) is 0 Å². The van der Waals surface area contributed by atoms with Crippen molar-refractivity contribution in [2.24, 2.45) is 0 Å². The lowest BCUT2D eigenvalue weighted by molar-refractivity contribution is -0.132. The van der Waals surface area contributed by atoms with Gasteiger partial charge in [-0.25, -0.2) is 0 Å². The molecule has 1 fully saturated rings. The number of aliphatic hydroxyl groups excluding tert-OH is 1. The molecule has 104 valence electrons. The second kappa shape index (κ2) is 6.68. The number of hydrogen-bond acceptors (Lipinski definition) is 3. The van der Waals surface area contributed by atoms with Gasteiger partial charge in [-0.05, 0) is 25.3 Å². The van der Waals surface area contributed by atoms with Crippen molar-refractivity contribution in [2.75, 3.05) is 19.7 Å². The number of amides is 1. The molecule has 0 aromatic heterocycles. The molecule has 0 aliphatic carbocycles. The molecule has 1 saturated heterocycles. The highest BCUT2D eigenvalue weighted by Gasteiger charge is 2.25. The van der Waals surface area contributed by atoms with Gasteiger partial charge in [-0.2, -0.15) is 0 Å². The number of nitrogens with zero attached hydrogens (tertiary/aromatic N) is 1. The number of carbonyl (C=O) groups is 1. The van der Waals surface area contributed by atoms with Gasteiger partial charge in [0.1, 0.15) is 0 Å². The molecule has 1 aromatic carbocycles. The highest BCUT2D eigenvalue weighted by Crippen LogP contribution is 2.14. The van der Waals surface area contributed by atoms with E-state index in [2.05, 4.69) is 5.32 Å². The van der Waals surface area contributed by atoms with Gasteiger partial charge >= 0.3 is 0 Å². The predicted octanol–water partition coefficient (Wildman–Crippen LogP) is 1.32. The summed E-state index contributed by atoms with van der Waals surface area (Å²) in [5.74, 6) is 0.131. The third-order valence-corrected chi connectivity index (χ3v) is 3.62. The average molecular weight is 262 g/mol. The lowest BCUT2D eigenvalue weighted by atomic mass is 10.1. The molecule has 0 spiro atoms. The van der Waals surface area contributed by atoms with Gasteiger partial charge in [-0.3, -0.25) is 10.1 Å². The maximum absolute atomic E-state index is 12.2. The zero-order valence-electron chi connectivity index (χ0n) is 11.4. The molecular formula is C15H22N2O2. The first-order valence-electron chi connectivity index (χ1n) is 6.93. The van der Waals surface area contributed by atoms with Crippen LogP contribution in [0.5, 0.6) is 0 Å². The third-order valence-electron chi connectivity index (χ3n) is 3.62. The summed E-state index contributed by atoms with van der Waals surface area (Å²) in [6.07, 6.45) is 2.20. The summed E-state index contributed by atoms with van der Waals surface area (Å²) in [4.78, 5) is 14.1. The molecule has 1 amide bonds. The van der Waals surface area contributed by atoms with Crippen LogP contribution in [0.2, 0.25) is 0 Å². The van der Waals surface area contributed by atoms with Gasteiger partial charge in [0.2, 0.25) is 5.91 Å². The summed E-state index contributed by atoms with van der Waals surface area (Å²) in [7, 11) is 0. The van der Waals surface area contributed by atoms with E-state index in [1.54, 1.807) is 0 Å². The zero-order chi connectivity index (χ0) is 13.7. The molecule has 4 nitrogen and oxygen atoms in total. The van der Waals surface area contributed by atoms with Gasteiger partial charge in [-0.15, -0.1) is 0 Å². The minimum absolute atomic E-state index is 0.0123. The summed E-state index contributed by atoms with van der Waals surface area (Å²) in [6.45, 7) is 3.58. The molecule has 0 saturated carbocycles. The van der Waals surface area contributed by atoms with E-state index in [0.717, 1.165) is 31.5 Å². The Morgan fingerprint density at radius 2 is 1.95 bits per heavy atom. The van der Waals surface area contributed by atoms with Crippen LogP contribution in [0.15, 0.2) is 30.3 Å². The van der Waals surface area contributed by atoms with E-state index in [1.807, 2.05) is 42.2 Å². The van der Waals surface area contributed by atoms with Crippen LogP contribution in [-0.2, 0) is 4.79 Å². The predicted molar refractivity (Wildman–Crippen MR) is 74.7 cm³/mol. The summed E-state index contributed by atoms with van der Waals surface area (Å²) in [5, 5.41) is 12.7. The van der Waals surface area contributed by atoms with E-state index in [0.29, 0.717) is 0 Å².